The Morgan fingerprint density at radius 2 is 2.07 bits per heavy atom. The van der Waals surface area contributed by atoms with E-state index in [4.69, 9.17) is 15.7 Å². The molecule has 7 nitrogen and oxygen atoms in total. The summed E-state index contributed by atoms with van der Waals surface area (Å²) < 4.78 is 58.1. The molecule has 1 aliphatic heterocycles. The number of aromatic nitrogens is 1. The molecule has 11 heteroatoms. The van der Waals surface area contributed by atoms with E-state index in [2.05, 4.69) is 15.3 Å². The molecule has 2 unspecified atom stereocenters. The zero-order chi connectivity index (χ0) is 21.9. The molecule has 3 N–H and O–H groups in total. The van der Waals surface area contributed by atoms with E-state index in [1.807, 2.05) is 6.07 Å². The lowest BCUT2D eigenvalue weighted by molar-refractivity contribution is -0.224. The van der Waals surface area contributed by atoms with Crippen molar-refractivity contribution < 1.29 is 27.1 Å². The Labute approximate surface area is 168 Å². The summed E-state index contributed by atoms with van der Waals surface area (Å²) in [5, 5.41) is 11.4. The van der Waals surface area contributed by atoms with Crippen LogP contribution in [0.15, 0.2) is 41.4 Å². The molecule has 2 atom stereocenters. The summed E-state index contributed by atoms with van der Waals surface area (Å²) in [6, 6.07) is 9.67. The summed E-state index contributed by atoms with van der Waals surface area (Å²) in [5.41, 5.74) is 5.57. The molecule has 0 fully saturated rings. The maximum Gasteiger partial charge on any atom is 0.418 e. The molecule has 1 aromatic carbocycles. The number of hydrogen-bond acceptors (Lipinski definition) is 6. The van der Waals surface area contributed by atoms with Gasteiger partial charge in [-0.15, -0.1) is 0 Å². The molecule has 1 aliphatic rings. The maximum atomic E-state index is 14.4. The van der Waals surface area contributed by atoms with E-state index in [0.29, 0.717) is 0 Å². The second kappa shape index (κ2) is 8.56. The maximum absolute atomic E-state index is 14.4. The number of alkyl halides is 3. The summed E-state index contributed by atoms with van der Waals surface area (Å²) in [4.78, 5) is 20.0. The van der Waals surface area contributed by atoms with Crippen LogP contribution in [0.3, 0.4) is 0 Å². The van der Waals surface area contributed by atoms with Crippen molar-refractivity contribution in [1.29, 1.82) is 5.26 Å². The highest BCUT2D eigenvalue weighted by Crippen LogP contribution is 2.28. The standard InChI is InChI=1S/C19H15F4N5O2/c20-13-5-4-10(27-18(29)15-3-1-2-11(9-24)26-15)8-12(13)14-6-7-30-16(17(25)28-14)19(21,22)23/h1-5,8,16-17H,6-7,25H2,(H,27,29). The largest absolute Gasteiger partial charge is 0.418 e. The second-order valence-corrected chi connectivity index (χ2v) is 6.32. The Morgan fingerprint density at radius 1 is 1.30 bits per heavy atom. The molecule has 0 aliphatic carbocycles. The molecule has 30 heavy (non-hydrogen) atoms. The fourth-order valence-corrected chi connectivity index (χ4v) is 2.83. The van der Waals surface area contributed by atoms with E-state index in [1.54, 1.807) is 0 Å². The number of amides is 1. The third-order valence-electron chi connectivity index (χ3n) is 4.21. The van der Waals surface area contributed by atoms with E-state index in [1.165, 1.54) is 30.3 Å². The minimum Gasteiger partial charge on any atom is -0.365 e. The first-order chi connectivity index (χ1) is 14.2. The number of aliphatic imine (C=N–C) groups is 1. The van der Waals surface area contributed by atoms with Crippen LogP contribution in [0.1, 0.15) is 28.2 Å². The quantitative estimate of drug-likeness (QED) is 0.740. The lowest BCUT2D eigenvalue weighted by atomic mass is 10.1. The number of benzene rings is 1. The molecule has 2 heterocycles. The van der Waals surface area contributed by atoms with E-state index in [9.17, 15) is 22.4 Å². The third-order valence-corrected chi connectivity index (χ3v) is 4.21. The van der Waals surface area contributed by atoms with Crippen molar-refractivity contribution in [2.75, 3.05) is 11.9 Å². The van der Waals surface area contributed by atoms with E-state index in [-0.39, 0.29) is 41.4 Å². The first kappa shape index (κ1) is 21.4. The highest BCUT2D eigenvalue weighted by Gasteiger charge is 2.45. The van der Waals surface area contributed by atoms with Crippen molar-refractivity contribution in [3.8, 4) is 6.07 Å². The highest BCUT2D eigenvalue weighted by atomic mass is 19.4. The Morgan fingerprint density at radius 3 is 2.77 bits per heavy atom. The van der Waals surface area contributed by atoms with Crippen LogP contribution < -0.4 is 11.1 Å². The van der Waals surface area contributed by atoms with Gasteiger partial charge in [0, 0.05) is 23.4 Å². The molecule has 0 saturated heterocycles. The second-order valence-electron chi connectivity index (χ2n) is 6.32. The van der Waals surface area contributed by atoms with Crippen LogP contribution in [0.4, 0.5) is 23.2 Å². The predicted molar refractivity (Wildman–Crippen MR) is 98.2 cm³/mol. The minimum absolute atomic E-state index is 0.00699. The van der Waals surface area contributed by atoms with Gasteiger partial charge in [0.25, 0.3) is 5.91 Å². The fraction of sp³-hybridized carbons (Fsp3) is 0.263. The van der Waals surface area contributed by atoms with Crippen molar-refractivity contribution in [3.05, 3.63) is 59.2 Å². The van der Waals surface area contributed by atoms with Gasteiger partial charge >= 0.3 is 6.18 Å². The van der Waals surface area contributed by atoms with Crippen LogP contribution in [0.25, 0.3) is 0 Å². The van der Waals surface area contributed by atoms with Crippen LogP contribution in [0, 0.1) is 17.1 Å². The molecule has 0 bridgehead atoms. The summed E-state index contributed by atoms with van der Waals surface area (Å²) in [6.07, 6.45) is -8.85. The van der Waals surface area contributed by atoms with Gasteiger partial charge in [0.2, 0.25) is 0 Å². The van der Waals surface area contributed by atoms with E-state index < -0.39 is 30.2 Å². The third kappa shape index (κ3) is 4.79. The molecule has 1 amide bonds. The Hall–Kier alpha value is -3.36. The number of halogens is 4. The van der Waals surface area contributed by atoms with Gasteiger partial charge in [-0.25, -0.2) is 9.37 Å². The predicted octanol–water partition coefficient (Wildman–Crippen LogP) is 2.77. The van der Waals surface area contributed by atoms with Crippen molar-refractivity contribution in [3.63, 3.8) is 0 Å². The summed E-state index contributed by atoms with van der Waals surface area (Å²) in [6.45, 7) is -0.350. The summed E-state index contributed by atoms with van der Waals surface area (Å²) in [5.74, 6) is -1.39. The van der Waals surface area contributed by atoms with Gasteiger partial charge < -0.3 is 15.8 Å². The number of pyridine rings is 1. The van der Waals surface area contributed by atoms with Crippen molar-refractivity contribution >= 4 is 17.3 Å². The van der Waals surface area contributed by atoms with Crippen molar-refractivity contribution in [2.24, 2.45) is 10.7 Å². The monoisotopic (exact) mass is 421 g/mol. The van der Waals surface area contributed by atoms with Gasteiger partial charge in [-0.05, 0) is 30.3 Å². The average molecular weight is 421 g/mol. The highest BCUT2D eigenvalue weighted by molar-refractivity contribution is 6.05. The summed E-state index contributed by atoms with van der Waals surface area (Å²) in [7, 11) is 0. The number of nitriles is 1. The Kier molecular flexibility index (Phi) is 6.09. The van der Waals surface area contributed by atoms with Gasteiger partial charge in [-0.3, -0.25) is 9.79 Å². The van der Waals surface area contributed by atoms with Crippen molar-refractivity contribution in [1.82, 2.24) is 4.98 Å². The van der Waals surface area contributed by atoms with Crippen LogP contribution in [0.5, 0.6) is 0 Å². The van der Waals surface area contributed by atoms with Gasteiger partial charge in [-0.1, -0.05) is 6.07 Å². The SMILES string of the molecule is N#Cc1cccc(C(=O)Nc2ccc(F)c(C3=NC(N)C(C(F)(F)F)OCC3)c2)n1. The van der Waals surface area contributed by atoms with Crippen molar-refractivity contribution in [2.45, 2.75) is 24.9 Å². The molecule has 0 radical (unpaired) electrons. The van der Waals surface area contributed by atoms with Crippen LogP contribution in [-0.2, 0) is 4.74 Å². The molecule has 156 valence electrons. The number of carbonyl (C=O) groups excluding carboxylic acids is 1. The number of anilines is 1. The molecule has 1 aromatic heterocycles. The number of carbonyl (C=O) groups is 1. The molecule has 0 spiro atoms. The molecular weight excluding hydrogens is 406 g/mol. The minimum atomic E-state index is -4.71. The fourth-order valence-electron chi connectivity index (χ4n) is 2.83. The zero-order valence-corrected chi connectivity index (χ0v) is 15.3. The average Bonchev–Trinajstić information content (AvgIpc) is 2.90. The molecule has 2 aromatic rings. The number of hydrogen-bond donors (Lipinski definition) is 2. The van der Waals surface area contributed by atoms with Gasteiger partial charge in [0.05, 0.1) is 6.61 Å². The molecule has 3 rings (SSSR count). The summed E-state index contributed by atoms with van der Waals surface area (Å²) >= 11 is 0. The first-order valence-corrected chi connectivity index (χ1v) is 8.68. The lowest BCUT2D eigenvalue weighted by Crippen LogP contribution is -2.45. The van der Waals surface area contributed by atoms with Crippen LogP contribution in [0.2, 0.25) is 0 Å². The molecule has 0 saturated carbocycles. The molecular formula is C19H15F4N5O2. The van der Waals surface area contributed by atoms with Crippen LogP contribution in [-0.4, -0.2) is 41.7 Å². The van der Waals surface area contributed by atoms with E-state index in [0.717, 1.165) is 6.07 Å². The topological polar surface area (TPSA) is 113 Å². The van der Waals surface area contributed by atoms with E-state index >= 15 is 0 Å². The van der Waals surface area contributed by atoms with Gasteiger partial charge in [0.1, 0.15) is 29.4 Å². The number of nitrogens with zero attached hydrogens (tertiary/aromatic N) is 3. The lowest BCUT2D eigenvalue weighted by Gasteiger charge is -2.21. The zero-order valence-electron chi connectivity index (χ0n) is 15.3. The number of ether oxygens (including phenoxy) is 1. The Balaban J connectivity index is 1.86. The normalized spacial score (nSPS) is 19.4. The van der Waals surface area contributed by atoms with Gasteiger partial charge in [0.15, 0.2) is 6.10 Å². The Bertz CT molecular complexity index is 1030. The first-order valence-electron chi connectivity index (χ1n) is 8.68. The number of rotatable bonds is 3. The van der Waals surface area contributed by atoms with Crippen LogP contribution >= 0.6 is 0 Å². The number of nitrogens with two attached hydrogens (primary N) is 1. The smallest absolute Gasteiger partial charge is 0.365 e. The number of nitrogens with one attached hydrogen (secondary N) is 1. The van der Waals surface area contributed by atoms with Gasteiger partial charge in [-0.2, -0.15) is 18.4 Å².